The smallest absolute Gasteiger partial charge is 0.237 e. The Morgan fingerprint density at radius 3 is 2.74 bits per heavy atom. The molecule has 1 atom stereocenters. The van der Waals surface area contributed by atoms with Crippen LogP contribution >= 0.6 is 23.1 Å². The largest absolute Gasteiger partial charge is 0.360 e. The van der Waals surface area contributed by atoms with Crippen molar-refractivity contribution in [1.29, 1.82) is 0 Å². The molecule has 1 unspecified atom stereocenters. The molecule has 0 saturated carbocycles. The topological polar surface area (TPSA) is 66.9 Å². The van der Waals surface area contributed by atoms with Crippen LogP contribution in [0.5, 0.6) is 0 Å². The van der Waals surface area contributed by atoms with Gasteiger partial charge in [0.15, 0.2) is 4.34 Å². The van der Waals surface area contributed by atoms with Gasteiger partial charge in [-0.3, -0.25) is 4.79 Å². The molecule has 23 heavy (non-hydrogen) atoms. The highest BCUT2D eigenvalue weighted by Crippen LogP contribution is 2.29. The first-order valence-electron chi connectivity index (χ1n) is 7.70. The predicted octanol–water partition coefficient (Wildman–Crippen LogP) is 4.18. The SMILES string of the molecule is CCCCNc1nnc(SC(C)C(=O)Nc2ccc(C)cc2)s1. The molecule has 0 aliphatic rings. The number of hydrogen-bond donors (Lipinski definition) is 2. The Morgan fingerprint density at radius 1 is 1.30 bits per heavy atom. The van der Waals surface area contributed by atoms with Gasteiger partial charge in [0.25, 0.3) is 0 Å². The van der Waals surface area contributed by atoms with E-state index in [4.69, 9.17) is 0 Å². The summed E-state index contributed by atoms with van der Waals surface area (Å²) in [5.41, 5.74) is 1.98. The van der Waals surface area contributed by atoms with Crippen molar-refractivity contribution in [3.05, 3.63) is 29.8 Å². The number of amides is 1. The number of nitrogens with zero attached hydrogens (tertiary/aromatic N) is 2. The lowest BCUT2D eigenvalue weighted by Crippen LogP contribution is -2.22. The van der Waals surface area contributed by atoms with Crippen molar-refractivity contribution >= 4 is 39.8 Å². The van der Waals surface area contributed by atoms with Gasteiger partial charge in [-0.15, -0.1) is 10.2 Å². The Balaban J connectivity index is 1.84. The number of aromatic nitrogens is 2. The van der Waals surface area contributed by atoms with E-state index in [1.807, 2.05) is 38.1 Å². The average Bonchev–Trinajstić information content (AvgIpc) is 2.97. The van der Waals surface area contributed by atoms with Crippen LogP contribution in [0.4, 0.5) is 10.8 Å². The third-order valence-corrected chi connectivity index (χ3v) is 5.24. The Morgan fingerprint density at radius 2 is 2.04 bits per heavy atom. The van der Waals surface area contributed by atoms with Crippen LogP contribution in [0.25, 0.3) is 0 Å². The van der Waals surface area contributed by atoms with Gasteiger partial charge in [-0.1, -0.05) is 54.1 Å². The minimum Gasteiger partial charge on any atom is -0.360 e. The number of rotatable bonds is 8. The molecule has 1 aromatic heterocycles. The number of carbonyl (C=O) groups excluding carboxylic acids is 1. The van der Waals surface area contributed by atoms with Gasteiger partial charge in [0.2, 0.25) is 11.0 Å². The van der Waals surface area contributed by atoms with Gasteiger partial charge >= 0.3 is 0 Å². The lowest BCUT2D eigenvalue weighted by Gasteiger charge is -2.10. The summed E-state index contributed by atoms with van der Waals surface area (Å²) >= 11 is 2.91. The molecule has 2 aromatic rings. The molecule has 1 heterocycles. The van der Waals surface area contributed by atoms with Crippen LogP contribution in [0, 0.1) is 6.92 Å². The highest BCUT2D eigenvalue weighted by molar-refractivity contribution is 8.02. The molecule has 7 heteroatoms. The predicted molar refractivity (Wildman–Crippen MR) is 98.4 cm³/mol. The third-order valence-electron chi connectivity index (χ3n) is 3.18. The molecular formula is C16H22N4OS2. The Labute approximate surface area is 145 Å². The van der Waals surface area contributed by atoms with Crippen LogP contribution in [0.15, 0.2) is 28.6 Å². The number of thioether (sulfide) groups is 1. The number of aryl methyl sites for hydroxylation is 1. The molecular weight excluding hydrogens is 328 g/mol. The summed E-state index contributed by atoms with van der Waals surface area (Å²) in [5.74, 6) is -0.0328. The second-order valence-electron chi connectivity index (χ2n) is 5.27. The van der Waals surface area contributed by atoms with Gasteiger partial charge in [-0.25, -0.2) is 0 Å². The third kappa shape index (κ3) is 5.84. The van der Waals surface area contributed by atoms with Gasteiger partial charge in [-0.2, -0.15) is 0 Å². The molecule has 0 bridgehead atoms. The first kappa shape index (κ1) is 17.7. The zero-order valence-electron chi connectivity index (χ0n) is 13.6. The second kappa shape index (κ2) is 8.88. The average molecular weight is 351 g/mol. The van der Waals surface area contributed by atoms with Crippen molar-refractivity contribution in [3.8, 4) is 0 Å². The van der Waals surface area contributed by atoms with Gasteiger partial charge in [0.05, 0.1) is 5.25 Å². The van der Waals surface area contributed by atoms with Gasteiger partial charge in [-0.05, 0) is 32.4 Å². The van der Waals surface area contributed by atoms with Gasteiger partial charge in [0.1, 0.15) is 0 Å². The Hall–Kier alpha value is -1.60. The molecule has 0 saturated heterocycles. The molecule has 2 rings (SSSR count). The summed E-state index contributed by atoms with van der Waals surface area (Å²) in [5, 5.41) is 15.0. The molecule has 0 aliphatic carbocycles. The van der Waals surface area contributed by atoms with Crippen molar-refractivity contribution in [2.45, 2.75) is 43.2 Å². The van der Waals surface area contributed by atoms with E-state index in [2.05, 4.69) is 27.8 Å². The van der Waals surface area contributed by atoms with Crippen LogP contribution in [0.1, 0.15) is 32.3 Å². The minimum atomic E-state index is -0.229. The van der Waals surface area contributed by atoms with Gasteiger partial charge < -0.3 is 10.6 Å². The van der Waals surface area contributed by atoms with E-state index in [0.717, 1.165) is 34.5 Å². The fourth-order valence-corrected chi connectivity index (χ4v) is 3.71. The van der Waals surface area contributed by atoms with Crippen molar-refractivity contribution in [1.82, 2.24) is 10.2 Å². The zero-order chi connectivity index (χ0) is 16.7. The van der Waals surface area contributed by atoms with E-state index in [1.165, 1.54) is 28.7 Å². The van der Waals surface area contributed by atoms with Gasteiger partial charge in [0, 0.05) is 12.2 Å². The van der Waals surface area contributed by atoms with E-state index in [-0.39, 0.29) is 11.2 Å². The molecule has 0 fully saturated rings. The summed E-state index contributed by atoms with van der Waals surface area (Å²) in [7, 11) is 0. The highest BCUT2D eigenvalue weighted by atomic mass is 32.2. The fourth-order valence-electron chi connectivity index (χ4n) is 1.79. The summed E-state index contributed by atoms with van der Waals surface area (Å²) in [6.07, 6.45) is 2.25. The Kier molecular flexibility index (Phi) is 6.85. The van der Waals surface area contributed by atoms with Crippen LogP contribution in [-0.4, -0.2) is 27.9 Å². The van der Waals surface area contributed by atoms with Crippen LogP contribution in [-0.2, 0) is 4.79 Å². The number of benzene rings is 1. The maximum atomic E-state index is 12.2. The summed E-state index contributed by atoms with van der Waals surface area (Å²) < 4.78 is 0.801. The monoisotopic (exact) mass is 350 g/mol. The van der Waals surface area contributed by atoms with Crippen LogP contribution in [0.3, 0.4) is 0 Å². The van der Waals surface area contributed by atoms with E-state index in [1.54, 1.807) is 0 Å². The zero-order valence-corrected chi connectivity index (χ0v) is 15.3. The number of hydrogen-bond acceptors (Lipinski definition) is 6. The number of nitrogens with one attached hydrogen (secondary N) is 2. The lowest BCUT2D eigenvalue weighted by atomic mass is 10.2. The molecule has 1 amide bonds. The van der Waals surface area contributed by atoms with Crippen molar-refractivity contribution in [2.75, 3.05) is 17.2 Å². The first-order chi connectivity index (χ1) is 11.1. The molecule has 5 nitrogen and oxygen atoms in total. The molecule has 1 aromatic carbocycles. The molecule has 2 N–H and O–H groups in total. The molecule has 124 valence electrons. The number of anilines is 2. The van der Waals surface area contributed by atoms with E-state index in [9.17, 15) is 4.79 Å². The number of carbonyl (C=O) groups is 1. The first-order valence-corrected chi connectivity index (χ1v) is 9.39. The summed E-state index contributed by atoms with van der Waals surface area (Å²) in [6, 6.07) is 7.77. The van der Waals surface area contributed by atoms with E-state index < -0.39 is 0 Å². The van der Waals surface area contributed by atoms with Crippen LogP contribution in [0.2, 0.25) is 0 Å². The van der Waals surface area contributed by atoms with Crippen LogP contribution < -0.4 is 10.6 Å². The van der Waals surface area contributed by atoms with Crippen molar-refractivity contribution < 1.29 is 4.79 Å². The molecule has 0 spiro atoms. The molecule has 0 radical (unpaired) electrons. The maximum Gasteiger partial charge on any atom is 0.237 e. The maximum absolute atomic E-state index is 12.2. The fraction of sp³-hybridized carbons (Fsp3) is 0.438. The normalized spacial score (nSPS) is 12.0. The minimum absolute atomic E-state index is 0.0328. The standard InChI is InChI=1S/C16H22N4OS2/c1-4-5-10-17-15-19-20-16(23-15)22-12(3)14(21)18-13-8-6-11(2)7-9-13/h6-9,12H,4-5,10H2,1-3H3,(H,17,19)(H,18,21). The van der Waals surface area contributed by atoms with Crippen molar-refractivity contribution in [2.24, 2.45) is 0 Å². The molecule has 0 aliphatic heterocycles. The van der Waals surface area contributed by atoms with E-state index in [0.29, 0.717) is 0 Å². The quantitative estimate of drug-likeness (QED) is 0.552. The van der Waals surface area contributed by atoms with E-state index >= 15 is 0 Å². The lowest BCUT2D eigenvalue weighted by molar-refractivity contribution is -0.115. The van der Waals surface area contributed by atoms with Crippen molar-refractivity contribution in [3.63, 3.8) is 0 Å². The number of unbranched alkanes of at least 4 members (excludes halogenated alkanes) is 1. The highest BCUT2D eigenvalue weighted by Gasteiger charge is 2.17. The second-order valence-corrected chi connectivity index (χ2v) is 7.83. The Bertz CT molecular complexity index is 627. The summed E-state index contributed by atoms with van der Waals surface area (Å²) in [4.78, 5) is 12.2. The summed E-state index contributed by atoms with van der Waals surface area (Å²) in [6.45, 7) is 6.95.